The van der Waals surface area contributed by atoms with E-state index in [2.05, 4.69) is 23.2 Å². The van der Waals surface area contributed by atoms with Crippen molar-refractivity contribution in [2.24, 2.45) is 0 Å². The van der Waals surface area contributed by atoms with Crippen LogP contribution in [-0.4, -0.2) is 11.3 Å². The lowest BCUT2D eigenvalue weighted by Gasteiger charge is -1.97. The van der Waals surface area contributed by atoms with Crippen molar-refractivity contribution in [2.45, 2.75) is 0 Å². The van der Waals surface area contributed by atoms with E-state index < -0.39 is 0 Å². The van der Waals surface area contributed by atoms with Crippen LogP contribution in [0.15, 0.2) is 42.5 Å². The normalized spacial score (nSPS) is 10.9. The summed E-state index contributed by atoms with van der Waals surface area (Å²) in [6, 6.07) is 14.1. The molecule has 3 rings (SSSR count). The van der Waals surface area contributed by atoms with E-state index >= 15 is 0 Å². The molecule has 2 heteroatoms. The number of aromatic amines is 1. The molecule has 0 unspecified atom stereocenters. The van der Waals surface area contributed by atoms with E-state index in [9.17, 15) is 4.79 Å². The van der Waals surface area contributed by atoms with E-state index in [0.29, 0.717) is 5.69 Å². The summed E-state index contributed by atoms with van der Waals surface area (Å²) in [5.74, 6) is 0. The van der Waals surface area contributed by atoms with Crippen molar-refractivity contribution in [3.05, 3.63) is 48.2 Å². The SMILES string of the molecule is O=Cc1cc2c(ccc3ccccc32)[nH]1. The molecule has 0 aliphatic rings. The van der Waals surface area contributed by atoms with Crippen LogP contribution in [-0.2, 0) is 0 Å². The zero-order valence-electron chi connectivity index (χ0n) is 8.03. The second kappa shape index (κ2) is 2.95. The van der Waals surface area contributed by atoms with Crippen molar-refractivity contribution in [3.63, 3.8) is 0 Å². The molecule has 0 amide bonds. The minimum atomic E-state index is 0.626. The van der Waals surface area contributed by atoms with Gasteiger partial charge in [0.05, 0.1) is 5.69 Å². The van der Waals surface area contributed by atoms with Gasteiger partial charge in [0.25, 0.3) is 0 Å². The Balaban J connectivity index is 2.52. The number of carbonyl (C=O) groups excluding carboxylic acids is 1. The molecule has 0 saturated heterocycles. The molecule has 0 spiro atoms. The van der Waals surface area contributed by atoms with Gasteiger partial charge in [-0.15, -0.1) is 0 Å². The molecule has 15 heavy (non-hydrogen) atoms. The standard InChI is InChI=1S/C13H9NO/c15-8-10-7-12-11-4-2-1-3-9(11)5-6-13(12)14-10/h1-8,14H. The fraction of sp³-hybridized carbons (Fsp3) is 0. The maximum Gasteiger partial charge on any atom is 0.166 e. The summed E-state index contributed by atoms with van der Waals surface area (Å²) >= 11 is 0. The lowest BCUT2D eigenvalue weighted by atomic mass is 10.1. The lowest BCUT2D eigenvalue weighted by molar-refractivity contribution is 0.112. The van der Waals surface area contributed by atoms with Crippen LogP contribution >= 0.6 is 0 Å². The molecule has 1 aromatic heterocycles. The predicted molar refractivity (Wildman–Crippen MR) is 61.2 cm³/mol. The Morgan fingerprint density at radius 2 is 1.87 bits per heavy atom. The molecule has 0 radical (unpaired) electrons. The van der Waals surface area contributed by atoms with Gasteiger partial charge >= 0.3 is 0 Å². The molecule has 3 aromatic rings. The summed E-state index contributed by atoms with van der Waals surface area (Å²) in [6.45, 7) is 0. The highest BCUT2D eigenvalue weighted by Gasteiger charge is 2.03. The Kier molecular flexibility index (Phi) is 1.62. The van der Waals surface area contributed by atoms with Crippen molar-refractivity contribution in [1.82, 2.24) is 4.98 Å². The number of nitrogens with one attached hydrogen (secondary N) is 1. The lowest BCUT2D eigenvalue weighted by Crippen LogP contribution is -1.74. The fourth-order valence-corrected chi connectivity index (χ4v) is 1.97. The second-order valence-electron chi connectivity index (χ2n) is 3.59. The van der Waals surface area contributed by atoms with Gasteiger partial charge < -0.3 is 4.98 Å². The number of hydrogen-bond donors (Lipinski definition) is 1. The summed E-state index contributed by atoms with van der Waals surface area (Å²) in [6.07, 6.45) is 0.842. The molecule has 0 saturated carbocycles. The van der Waals surface area contributed by atoms with Gasteiger partial charge in [-0.2, -0.15) is 0 Å². The van der Waals surface area contributed by atoms with Crippen molar-refractivity contribution >= 4 is 28.0 Å². The van der Waals surface area contributed by atoms with Crippen LogP contribution in [0.3, 0.4) is 0 Å². The predicted octanol–water partition coefficient (Wildman–Crippen LogP) is 3.13. The first kappa shape index (κ1) is 8.24. The van der Waals surface area contributed by atoms with Gasteiger partial charge in [0.1, 0.15) is 0 Å². The van der Waals surface area contributed by atoms with E-state index in [1.165, 1.54) is 10.8 Å². The Hall–Kier alpha value is -2.09. The third-order valence-electron chi connectivity index (χ3n) is 2.68. The minimum Gasteiger partial charge on any atom is -0.352 e. The van der Waals surface area contributed by atoms with Crippen LogP contribution in [0.4, 0.5) is 0 Å². The van der Waals surface area contributed by atoms with Crippen molar-refractivity contribution < 1.29 is 4.79 Å². The van der Waals surface area contributed by atoms with Gasteiger partial charge in [-0.3, -0.25) is 4.79 Å². The first-order chi connectivity index (χ1) is 7.38. The van der Waals surface area contributed by atoms with Gasteiger partial charge in [-0.25, -0.2) is 0 Å². The molecule has 1 heterocycles. The van der Waals surface area contributed by atoms with Gasteiger partial charge in [-0.05, 0) is 22.9 Å². The van der Waals surface area contributed by atoms with E-state index in [1.807, 2.05) is 24.3 Å². The Labute approximate surface area is 86.5 Å². The highest BCUT2D eigenvalue weighted by Crippen LogP contribution is 2.25. The van der Waals surface area contributed by atoms with Gasteiger partial charge in [0.2, 0.25) is 0 Å². The van der Waals surface area contributed by atoms with Crippen LogP contribution in [0.25, 0.3) is 21.7 Å². The largest absolute Gasteiger partial charge is 0.352 e. The molecule has 0 fully saturated rings. The Morgan fingerprint density at radius 3 is 2.73 bits per heavy atom. The number of rotatable bonds is 1. The summed E-state index contributed by atoms with van der Waals surface area (Å²) in [4.78, 5) is 13.8. The Morgan fingerprint density at radius 1 is 1.00 bits per heavy atom. The number of carbonyl (C=O) groups is 1. The first-order valence-electron chi connectivity index (χ1n) is 4.84. The van der Waals surface area contributed by atoms with Gasteiger partial charge in [0.15, 0.2) is 6.29 Å². The molecule has 0 aliphatic heterocycles. The molecule has 0 atom stereocenters. The summed E-state index contributed by atoms with van der Waals surface area (Å²) in [5.41, 5.74) is 1.64. The van der Waals surface area contributed by atoms with E-state index in [4.69, 9.17) is 0 Å². The highest BCUT2D eigenvalue weighted by atomic mass is 16.1. The average Bonchev–Trinajstić information content (AvgIpc) is 2.72. The van der Waals surface area contributed by atoms with E-state index in [0.717, 1.165) is 17.2 Å². The van der Waals surface area contributed by atoms with Crippen LogP contribution in [0, 0.1) is 0 Å². The molecule has 1 N–H and O–H groups in total. The quantitative estimate of drug-likeness (QED) is 0.594. The third kappa shape index (κ3) is 1.15. The number of aldehydes is 1. The monoisotopic (exact) mass is 195 g/mol. The summed E-state index contributed by atoms with van der Waals surface area (Å²) < 4.78 is 0. The molecule has 0 aliphatic carbocycles. The number of aromatic nitrogens is 1. The van der Waals surface area contributed by atoms with Crippen LogP contribution in [0.1, 0.15) is 10.5 Å². The molecule has 72 valence electrons. The molecular weight excluding hydrogens is 186 g/mol. The highest BCUT2D eigenvalue weighted by molar-refractivity contribution is 6.08. The summed E-state index contributed by atoms with van der Waals surface area (Å²) in [7, 11) is 0. The first-order valence-corrected chi connectivity index (χ1v) is 4.84. The molecular formula is C13H9NO. The number of benzene rings is 2. The molecule has 0 bridgehead atoms. The van der Waals surface area contributed by atoms with Crippen molar-refractivity contribution in [2.75, 3.05) is 0 Å². The van der Waals surface area contributed by atoms with E-state index in [-0.39, 0.29) is 0 Å². The van der Waals surface area contributed by atoms with Crippen LogP contribution in [0.5, 0.6) is 0 Å². The zero-order valence-corrected chi connectivity index (χ0v) is 8.03. The average molecular weight is 195 g/mol. The molecule has 2 aromatic carbocycles. The van der Waals surface area contributed by atoms with E-state index in [1.54, 1.807) is 0 Å². The van der Waals surface area contributed by atoms with Crippen molar-refractivity contribution in [3.8, 4) is 0 Å². The zero-order chi connectivity index (χ0) is 10.3. The Bertz CT molecular complexity index is 652. The summed E-state index contributed by atoms with van der Waals surface area (Å²) in [5, 5.41) is 3.48. The number of hydrogen-bond acceptors (Lipinski definition) is 1. The fourth-order valence-electron chi connectivity index (χ4n) is 1.97. The topological polar surface area (TPSA) is 32.9 Å². The minimum absolute atomic E-state index is 0.626. The van der Waals surface area contributed by atoms with Gasteiger partial charge in [-0.1, -0.05) is 30.3 Å². The van der Waals surface area contributed by atoms with Crippen molar-refractivity contribution in [1.29, 1.82) is 0 Å². The number of H-pyrrole nitrogens is 1. The van der Waals surface area contributed by atoms with Gasteiger partial charge in [0, 0.05) is 10.9 Å². The maximum absolute atomic E-state index is 10.7. The maximum atomic E-state index is 10.7. The van der Waals surface area contributed by atoms with Crippen LogP contribution in [0.2, 0.25) is 0 Å². The van der Waals surface area contributed by atoms with Crippen LogP contribution < -0.4 is 0 Å². The smallest absolute Gasteiger partial charge is 0.166 e. The third-order valence-corrected chi connectivity index (χ3v) is 2.68. The molecule has 2 nitrogen and oxygen atoms in total. The second-order valence-corrected chi connectivity index (χ2v) is 3.59. The number of fused-ring (bicyclic) bond motifs is 3.